The lowest BCUT2D eigenvalue weighted by Crippen LogP contribution is -1.91. The molecule has 0 radical (unpaired) electrons. The van der Waals surface area contributed by atoms with Crippen molar-refractivity contribution in [1.82, 2.24) is 0 Å². The zero-order chi connectivity index (χ0) is 7.11. The Morgan fingerprint density at radius 1 is 1.56 bits per heavy atom. The van der Waals surface area contributed by atoms with Gasteiger partial charge in [-0.3, -0.25) is 4.79 Å². The summed E-state index contributed by atoms with van der Waals surface area (Å²) in [5.41, 5.74) is 1.22. The maximum atomic E-state index is 10.6. The zero-order valence-electron chi connectivity index (χ0n) is 4.94. The highest BCUT2D eigenvalue weighted by Crippen LogP contribution is 1.94. The van der Waals surface area contributed by atoms with Crippen LogP contribution in [0.1, 0.15) is 12.8 Å². The number of carbonyl (C=O) groups is 1. The molecule has 0 aromatic heterocycles. The average molecular weight is 167 g/mol. The molecule has 0 unspecified atom stereocenters. The summed E-state index contributed by atoms with van der Waals surface area (Å²) < 4.78 is 0. The van der Waals surface area contributed by atoms with Crippen LogP contribution in [0.2, 0.25) is 0 Å². The molecule has 0 saturated carbocycles. The van der Waals surface area contributed by atoms with E-state index >= 15 is 0 Å². The van der Waals surface area contributed by atoms with E-state index in [1.54, 1.807) is 0 Å². The Morgan fingerprint density at radius 3 is 2.67 bits per heavy atom. The van der Waals surface area contributed by atoms with Gasteiger partial charge < -0.3 is 0 Å². The molecule has 0 atom stereocenters. The maximum Gasteiger partial charge on any atom is 0.156 e. The largest absolute Gasteiger partial charge is 0.295 e. The monoisotopic (exact) mass is 166 g/mol. The van der Waals surface area contributed by atoms with E-state index < -0.39 is 0 Å². The second-order valence-corrected chi connectivity index (χ2v) is 2.18. The number of carbonyl (C=O) groups excluding carboxylic acids is 1. The fourth-order valence-corrected chi connectivity index (χ4v) is 0.669. The van der Waals surface area contributed by atoms with Gasteiger partial charge >= 0.3 is 0 Å². The molecule has 9 heavy (non-hydrogen) atoms. The lowest BCUT2D eigenvalue weighted by atomic mass is 10.2. The molecule has 0 amide bonds. The molecule has 0 rings (SSSR count). The van der Waals surface area contributed by atoms with Crippen molar-refractivity contribution in [3.05, 3.63) is 11.6 Å². The molecule has 0 N–H and O–H groups in total. The number of alkyl halides is 1. The molecule has 0 aliphatic heterocycles. The standard InChI is InChI=1S/C6H8Cl2O/c7-4-1-2-6(9)3-5-8/h3,5H,1-2,4H2. The summed E-state index contributed by atoms with van der Waals surface area (Å²) in [6.45, 7) is 0. The Kier molecular flexibility index (Phi) is 6.11. The summed E-state index contributed by atoms with van der Waals surface area (Å²) in [5.74, 6) is 0.563. The van der Waals surface area contributed by atoms with Crippen molar-refractivity contribution < 1.29 is 4.79 Å². The van der Waals surface area contributed by atoms with Crippen molar-refractivity contribution in [2.24, 2.45) is 0 Å². The van der Waals surface area contributed by atoms with Crippen molar-refractivity contribution in [2.45, 2.75) is 12.8 Å². The third kappa shape index (κ3) is 5.87. The molecule has 0 aliphatic rings. The Hall–Kier alpha value is -0.0100. The molecular formula is C6H8Cl2O. The van der Waals surface area contributed by atoms with E-state index in [0.717, 1.165) is 6.42 Å². The fraction of sp³-hybridized carbons (Fsp3) is 0.500. The topological polar surface area (TPSA) is 17.1 Å². The highest BCUT2D eigenvalue weighted by Gasteiger charge is 1.92. The highest BCUT2D eigenvalue weighted by molar-refractivity contribution is 6.26. The third-order valence-corrected chi connectivity index (χ3v) is 1.20. The Balaban J connectivity index is 3.27. The SMILES string of the molecule is O=C(C=CCl)CCCCl. The second kappa shape index (κ2) is 6.12. The molecule has 0 aromatic carbocycles. The molecule has 0 spiro atoms. The number of hydrogen-bond acceptors (Lipinski definition) is 1. The van der Waals surface area contributed by atoms with E-state index in [0.29, 0.717) is 12.3 Å². The van der Waals surface area contributed by atoms with Gasteiger partial charge in [0.1, 0.15) is 0 Å². The summed E-state index contributed by atoms with van der Waals surface area (Å²) in [6, 6.07) is 0. The minimum Gasteiger partial charge on any atom is -0.295 e. The molecular weight excluding hydrogens is 159 g/mol. The predicted molar refractivity (Wildman–Crippen MR) is 40.0 cm³/mol. The number of ketones is 1. The lowest BCUT2D eigenvalue weighted by Gasteiger charge is -1.87. The number of hydrogen-bond donors (Lipinski definition) is 0. The average Bonchev–Trinajstić information content (AvgIpc) is 1.85. The van der Waals surface area contributed by atoms with Gasteiger partial charge in [0.25, 0.3) is 0 Å². The molecule has 0 heterocycles. The van der Waals surface area contributed by atoms with Gasteiger partial charge in [-0.05, 0) is 12.5 Å². The van der Waals surface area contributed by atoms with Crippen LogP contribution in [-0.2, 0) is 4.79 Å². The van der Waals surface area contributed by atoms with Gasteiger partial charge in [-0.1, -0.05) is 11.6 Å². The fourth-order valence-electron chi connectivity index (χ4n) is 0.395. The first-order valence-electron chi connectivity index (χ1n) is 2.67. The lowest BCUT2D eigenvalue weighted by molar-refractivity contribution is -0.114. The molecule has 1 nitrogen and oxygen atoms in total. The summed E-state index contributed by atoms with van der Waals surface area (Å²) in [7, 11) is 0. The van der Waals surface area contributed by atoms with E-state index in [9.17, 15) is 4.79 Å². The van der Waals surface area contributed by atoms with Crippen LogP contribution in [0, 0.1) is 0 Å². The van der Waals surface area contributed by atoms with Gasteiger partial charge in [0.2, 0.25) is 0 Å². The zero-order valence-corrected chi connectivity index (χ0v) is 6.45. The second-order valence-electron chi connectivity index (χ2n) is 1.55. The van der Waals surface area contributed by atoms with Gasteiger partial charge in [0, 0.05) is 17.8 Å². The van der Waals surface area contributed by atoms with Crippen LogP contribution in [0.3, 0.4) is 0 Å². The van der Waals surface area contributed by atoms with Gasteiger partial charge in [0.05, 0.1) is 0 Å². The molecule has 0 saturated heterocycles. The van der Waals surface area contributed by atoms with Crippen molar-refractivity contribution in [1.29, 1.82) is 0 Å². The van der Waals surface area contributed by atoms with Crippen molar-refractivity contribution in [3.63, 3.8) is 0 Å². The van der Waals surface area contributed by atoms with Gasteiger partial charge in [0.15, 0.2) is 5.78 Å². The third-order valence-electron chi connectivity index (χ3n) is 0.806. The Labute approximate surface area is 64.6 Å². The predicted octanol–water partition coefficient (Wildman–Crippen LogP) is 2.33. The first kappa shape index (κ1) is 8.99. The van der Waals surface area contributed by atoms with Crippen LogP contribution in [0.15, 0.2) is 11.6 Å². The quantitative estimate of drug-likeness (QED) is 0.463. The Bertz CT molecular complexity index is 110. The van der Waals surface area contributed by atoms with Crippen molar-refractivity contribution >= 4 is 29.0 Å². The number of rotatable bonds is 4. The normalized spacial score (nSPS) is 10.4. The first-order chi connectivity index (χ1) is 4.31. The van der Waals surface area contributed by atoms with E-state index in [1.165, 1.54) is 11.6 Å². The van der Waals surface area contributed by atoms with E-state index in [1.807, 2.05) is 0 Å². The van der Waals surface area contributed by atoms with Crippen molar-refractivity contribution in [3.8, 4) is 0 Å². The van der Waals surface area contributed by atoms with Crippen LogP contribution in [0.25, 0.3) is 0 Å². The minimum absolute atomic E-state index is 0.0330. The van der Waals surface area contributed by atoms with Crippen LogP contribution < -0.4 is 0 Å². The molecule has 0 aliphatic carbocycles. The summed E-state index contributed by atoms with van der Waals surface area (Å²) in [4.78, 5) is 10.6. The van der Waals surface area contributed by atoms with E-state index in [4.69, 9.17) is 23.2 Å². The van der Waals surface area contributed by atoms with Gasteiger partial charge in [-0.15, -0.1) is 11.6 Å². The molecule has 0 bridgehead atoms. The minimum atomic E-state index is 0.0330. The first-order valence-corrected chi connectivity index (χ1v) is 3.64. The van der Waals surface area contributed by atoms with Gasteiger partial charge in [-0.25, -0.2) is 0 Å². The molecule has 52 valence electrons. The van der Waals surface area contributed by atoms with Crippen LogP contribution in [0.4, 0.5) is 0 Å². The van der Waals surface area contributed by atoms with Crippen molar-refractivity contribution in [2.75, 3.05) is 5.88 Å². The number of halogens is 2. The van der Waals surface area contributed by atoms with Crippen LogP contribution >= 0.6 is 23.2 Å². The van der Waals surface area contributed by atoms with E-state index in [2.05, 4.69) is 0 Å². The summed E-state index contributed by atoms with van der Waals surface area (Å²) in [5, 5.41) is 0. The highest BCUT2D eigenvalue weighted by atomic mass is 35.5. The summed E-state index contributed by atoms with van der Waals surface area (Å²) in [6.07, 6.45) is 2.56. The van der Waals surface area contributed by atoms with E-state index in [-0.39, 0.29) is 5.78 Å². The molecule has 0 aromatic rings. The number of allylic oxidation sites excluding steroid dienone is 1. The maximum absolute atomic E-state index is 10.6. The smallest absolute Gasteiger partial charge is 0.156 e. The summed E-state index contributed by atoms with van der Waals surface area (Å²) >= 11 is 10.5. The van der Waals surface area contributed by atoms with Crippen LogP contribution in [-0.4, -0.2) is 11.7 Å². The molecule has 3 heteroatoms. The molecule has 0 fully saturated rings. The van der Waals surface area contributed by atoms with Crippen LogP contribution in [0.5, 0.6) is 0 Å². The Morgan fingerprint density at radius 2 is 2.22 bits per heavy atom. The van der Waals surface area contributed by atoms with Gasteiger partial charge in [-0.2, -0.15) is 0 Å².